The molecule has 0 atom stereocenters. The summed E-state index contributed by atoms with van der Waals surface area (Å²) in [6.45, 7) is 9.12. The van der Waals surface area contributed by atoms with Gasteiger partial charge in [0.15, 0.2) is 0 Å². The largest absolute Gasteiger partial charge is 0.494 e. The van der Waals surface area contributed by atoms with Crippen LogP contribution in [0.1, 0.15) is 19.8 Å². The van der Waals surface area contributed by atoms with Crippen LogP contribution in [0.5, 0.6) is 11.5 Å². The Hall–Kier alpha value is -0.970. The van der Waals surface area contributed by atoms with Crippen molar-refractivity contribution in [2.24, 2.45) is 0 Å². The van der Waals surface area contributed by atoms with Gasteiger partial charge in [0.1, 0.15) is 18.1 Å². The molecule has 0 bridgehead atoms. The van der Waals surface area contributed by atoms with Crippen molar-refractivity contribution in [3.63, 3.8) is 0 Å². The Morgan fingerprint density at radius 1 is 1.00 bits per heavy atom. The summed E-state index contributed by atoms with van der Waals surface area (Å²) >= 11 is 0. The van der Waals surface area contributed by atoms with Crippen molar-refractivity contribution >= 4 is 12.4 Å². The molecule has 0 unspecified atom stereocenters. The van der Waals surface area contributed by atoms with Gasteiger partial charge >= 0.3 is 0 Å². The van der Waals surface area contributed by atoms with Gasteiger partial charge in [0, 0.05) is 19.6 Å². The Bertz CT molecular complexity index is 365. The molecule has 0 amide bonds. The van der Waals surface area contributed by atoms with E-state index in [2.05, 4.69) is 17.1 Å². The minimum absolute atomic E-state index is 0. The second-order valence-corrected chi connectivity index (χ2v) is 5.11. The number of nitrogens with one attached hydrogen (secondary N) is 1. The molecule has 5 heteroatoms. The minimum atomic E-state index is 0. The van der Waals surface area contributed by atoms with E-state index in [9.17, 15) is 0 Å². The Morgan fingerprint density at radius 3 is 2.33 bits per heavy atom. The zero-order valence-corrected chi connectivity index (χ0v) is 13.7. The summed E-state index contributed by atoms with van der Waals surface area (Å²) in [6.07, 6.45) is 2.26. The number of rotatable bonds is 7. The molecule has 0 radical (unpaired) electrons. The standard InChI is InChI=1S/C16H26N2O2.ClH/c1-2-13-19-15-4-6-16(7-5-15)20-14-12-18-10-3-8-17-9-11-18;/h4-7,17H,2-3,8-14H2,1H3;1H. The minimum Gasteiger partial charge on any atom is -0.494 e. The van der Waals surface area contributed by atoms with Crippen molar-refractivity contribution in [2.75, 3.05) is 45.9 Å². The number of hydrogen-bond acceptors (Lipinski definition) is 4. The van der Waals surface area contributed by atoms with Gasteiger partial charge in [-0.15, -0.1) is 12.4 Å². The van der Waals surface area contributed by atoms with Gasteiger partial charge in [0.05, 0.1) is 6.61 Å². The van der Waals surface area contributed by atoms with Gasteiger partial charge in [0.25, 0.3) is 0 Å². The van der Waals surface area contributed by atoms with E-state index in [1.165, 1.54) is 13.0 Å². The Morgan fingerprint density at radius 2 is 1.67 bits per heavy atom. The lowest BCUT2D eigenvalue weighted by Crippen LogP contribution is -2.31. The molecular weight excluding hydrogens is 288 g/mol. The average molecular weight is 315 g/mol. The third kappa shape index (κ3) is 7.02. The zero-order valence-electron chi connectivity index (χ0n) is 12.8. The first-order chi connectivity index (χ1) is 9.88. The van der Waals surface area contributed by atoms with E-state index in [0.717, 1.165) is 57.3 Å². The molecule has 1 heterocycles. The van der Waals surface area contributed by atoms with Crippen LogP contribution in [0, 0.1) is 0 Å². The third-order valence-corrected chi connectivity index (χ3v) is 3.41. The first-order valence-electron chi connectivity index (χ1n) is 7.67. The molecule has 4 nitrogen and oxygen atoms in total. The maximum atomic E-state index is 5.79. The molecular formula is C16H27ClN2O2. The van der Waals surface area contributed by atoms with Crippen LogP contribution in [-0.4, -0.2) is 50.8 Å². The molecule has 0 spiro atoms. The molecule has 0 aliphatic carbocycles. The predicted octanol–water partition coefficient (Wildman–Crippen LogP) is 2.57. The van der Waals surface area contributed by atoms with Gasteiger partial charge in [0.2, 0.25) is 0 Å². The van der Waals surface area contributed by atoms with Crippen LogP contribution in [-0.2, 0) is 0 Å². The Kier molecular flexibility index (Phi) is 9.22. The van der Waals surface area contributed by atoms with Crippen LogP contribution in [0.25, 0.3) is 0 Å². The molecule has 0 saturated carbocycles. The van der Waals surface area contributed by atoms with E-state index in [-0.39, 0.29) is 12.4 Å². The van der Waals surface area contributed by atoms with Gasteiger partial charge in [-0.1, -0.05) is 6.92 Å². The smallest absolute Gasteiger partial charge is 0.119 e. The predicted molar refractivity (Wildman–Crippen MR) is 88.9 cm³/mol. The van der Waals surface area contributed by atoms with Crippen LogP contribution in [0.4, 0.5) is 0 Å². The summed E-state index contributed by atoms with van der Waals surface area (Å²) in [5, 5.41) is 3.41. The topological polar surface area (TPSA) is 33.7 Å². The zero-order chi connectivity index (χ0) is 14.0. The first-order valence-corrected chi connectivity index (χ1v) is 7.67. The Balaban J connectivity index is 0.00000220. The molecule has 0 aromatic heterocycles. The number of nitrogens with zero attached hydrogens (tertiary/aromatic N) is 1. The average Bonchev–Trinajstić information content (AvgIpc) is 2.75. The maximum Gasteiger partial charge on any atom is 0.119 e. The molecule has 2 rings (SSSR count). The fourth-order valence-corrected chi connectivity index (χ4v) is 2.27. The molecule has 1 aromatic rings. The summed E-state index contributed by atoms with van der Waals surface area (Å²) < 4.78 is 11.3. The third-order valence-electron chi connectivity index (χ3n) is 3.41. The Labute approximate surface area is 134 Å². The van der Waals surface area contributed by atoms with Crippen molar-refractivity contribution in [1.29, 1.82) is 0 Å². The highest BCUT2D eigenvalue weighted by Gasteiger charge is 2.07. The number of benzene rings is 1. The monoisotopic (exact) mass is 314 g/mol. The fourth-order valence-electron chi connectivity index (χ4n) is 2.27. The molecule has 1 saturated heterocycles. The summed E-state index contributed by atoms with van der Waals surface area (Å²) in [6, 6.07) is 7.91. The first kappa shape index (κ1) is 18.1. The lowest BCUT2D eigenvalue weighted by molar-refractivity contribution is 0.217. The van der Waals surface area contributed by atoms with Gasteiger partial charge in [-0.2, -0.15) is 0 Å². The van der Waals surface area contributed by atoms with E-state index in [0.29, 0.717) is 0 Å². The van der Waals surface area contributed by atoms with Gasteiger partial charge in [-0.25, -0.2) is 0 Å². The van der Waals surface area contributed by atoms with Crippen LogP contribution in [0.15, 0.2) is 24.3 Å². The molecule has 120 valence electrons. The number of halogens is 1. The van der Waals surface area contributed by atoms with Crippen LogP contribution in [0.3, 0.4) is 0 Å². The summed E-state index contributed by atoms with van der Waals surface area (Å²) in [5.41, 5.74) is 0. The van der Waals surface area contributed by atoms with Crippen molar-refractivity contribution in [3.8, 4) is 11.5 Å². The molecule has 1 aromatic carbocycles. The number of hydrogen-bond donors (Lipinski definition) is 1. The second kappa shape index (κ2) is 10.7. The van der Waals surface area contributed by atoms with E-state index < -0.39 is 0 Å². The molecule has 1 fully saturated rings. The highest BCUT2D eigenvalue weighted by molar-refractivity contribution is 5.85. The summed E-state index contributed by atoms with van der Waals surface area (Å²) in [4.78, 5) is 2.46. The highest BCUT2D eigenvalue weighted by atomic mass is 35.5. The van der Waals surface area contributed by atoms with Crippen LogP contribution >= 0.6 is 12.4 Å². The van der Waals surface area contributed by atoms with Crippen molar-refractivity contribution in [2.45, 2.75) is 19.8 Å². The van der Waals surface area contributed by atoms with Gasteiger partial charge < -0.3 is 14.8 Å². The molecule has 1 aliphatic heterocycles. The second-order valence-electron chi connectivity index (χ2n) is 5.11. The van der Waals surface area contributed by atoms with Crippen molar-refractivity contribution < 1.29 is 9.47 Å². The normalized spacial score (nSPS) is 15.9. The molecule has 1 N–H and O–H groups in total. The highest BCUT2D eigenvalue weighted by Crippen LogP contribution is 2.17. The van der Waals surface area contributed by atoms with Gasteiger partial charge in [-0.3, -0.25) is 4.90 Å². The maximum absolute atomic E-state index is 5.79. The van der Waals surface area contributed by atoms with E-state index >= 15 is 0 Å². The van der Waals surface area contributed by atoms with E-state index in [1.807, 2.05) is 24.3 Å². The summed E-state index contributed by atoms with van der Waals surface area (Å²) in [7, 11) is 0. The fraction of sp³-hybridized carbons (Fsp3) is 0.625. The molecule has 21 heavy (non-hydrogen) atoms. The quantitative estimate of drug-likeness (QED) is 0.838. The van der Waals surface area contributed by atoms with Crippen LogP contribution in [0.2, 0.25) is 0 Å². The SMILES string of the molecule is CCCOc1ccc(OCCN2CCCNCC2)cc1.Cl. The van der Waals surface area contributed by atoms with Crippen molar-refractivity contribution in [3.05, 3.63) is 24.3 Å². The van der Waals surface area contributed by atoms with Gasteiger partial charge in [-0.05, 0) is 50.2 Å². The van der Waals surface area contributed by atoms with Crippen LogP contribution < -0.4 is 14.8 Å². The van der Waals surface area contributed by atoms with E-state index in [1.54, 1.807) is 0 Å². The number of ether oxygens (including phenoxy) is 2. The molecule has 1 aliphatic rings. The lowest BCUT2D eigenvalue weighted by atomic mass is 10.3. The lowest BCUT2D eigenvalue weighted by Gasteiger charge is -2.19. The van der Waals surface area contributed by atoms with Crippen molar-refractivity contribution in [1.82, 2.24) is 10.2 Å². The van der Waals surface area contributed by atoms with E-state index in [4.69, 9.17) is 9.47 Å². The summed E-state index contributed by atoms with van der Waals surface area (Å²) in [5.74, 6) is 1.83.